The number of hydrogen-bond donors (Lipinski definition) is 0. The molecule has 2 rings (SSSR count). The molecule has 2 nitrogen and oxygen atoms in total. The van der Waals surface area contributed by atoms with Gasteiger partial charge in [0.1, 0.15) is 0 Å². The predicted molar refractivity (Wildman–Crippen MR) is 106 cm³/mol. The van der Waals surface area contributed by atoms with Crippen molar-refractivity contribution in [3.05, 3.63) is 36.4 Å². The Bertz CT molecular complexity index is 544. The van der Waals surface area contributed by atoms with Gasteiger partial charge in [-0.1, -0.05) is 64.1 Å². The van der Waals surface area contributed by atoms with Gasteiger partial charge in [0.2, 0.25) is 0 Å². The maximum absolute atomic E-state index is 2.52. The summed E-state index contributed by atoms with van der Waals surface area (Å²) < 4.78 is 5.04. The summed E-state index contributed by atoms with van der Waals surface area (Å²) in [6.45, 7) is 13.5. The van der Waals surface area contributed by atoms with Crippen LogP contribution in [0.5, 0.6) is 0 Å². The van der Waals surface area contributed by atoms with Crippen molar-refractivity contribution in [3.8, 4) is 0 Å². The SMILES string of the molecule is CCN(CC)Pc1cccc2cccc(PN(CC)CC)c12. The molecule has 2 aromatic carbocycles. The van der Waals surface area contributed by atoms with Crippen molar-refractivity contribution in [3.63, 3.8) is 0 Å². The zero-order valence-corrected chi connectivity index (χ0v) is 16.2. The second-order valence-electron chi connectivity index (χ2n) is 5.28. The van der Waals surface area contributed by atoms with E-state index in [0.717, 1.165) is 43.6 Å². The molecule has 0 heterocycles. The summed E-state index contributed by atoms with van der Waals surface area (Å²) in [5.74, 6) is 0. The van der Waals surface area contributed by atoms with Crippen LogP contribution in [-0.4, -0.2) is 35.5 Å². The number of rotatable bonds is 8. The van der Waals surface area contributed by atoms with E-state index >= 15 is 0 Å². The molecule has 0 aliphatic rings. The standard InChI is InChI=1S/C18H28N2P2/c1-5-19(6-2)21-16-13-9-11-15-12-10-14-17(18(15)16)22-20(7-3)8-4/h9-14,21-22H,5-8H2,1-4H3. The Kier molecular flexibility index (Phi) is 7.25. The first-order valence-electron chi connectivity index (χ1n) is 8.28. The van der Waals surface area contributed by atoms with E-state index in [1.807, 2.05) is 0 Å². The summed E-state index contributed by atoms with van der Waals surface area (Å²) >= 11 is 0. The first-order valence-corrected chi connectivity index (χ1v) is 10.2. The van der Waals surface area contributed by atoms with Crippen LogP contribution in [0.15, 0.2) is 36.4 Å². The first-order chi connectivity index (χ1) is 10.7. The van der Waals surface area contributed by atoms with Crippen LogP contribution in [0.4, 0.5) is 0 Å². The van der Waals surface area contributed by atoms with Crippen molar-refractivity contribution < 1.29 is 0 Å². The van der Waals surface area contributed by atoms with Gasteiger partial charge in [0.15, 0.2) is 0 Å². The predicted octanol–water partition coefficient (Wildman–Crippen LogP) is 3.96. The summed E-state index contributed by atoms with van der Waals surface area (Å²) in [5, 5.41) is 5.86. The monoisotopic (exact) mass is 334 g/mol. The number of hydrogen-bond acceptors (Lipinski definition) is 2. The van der Waals surface area contributed by atoms with Crippen molar-refractivity contribution in [1.82, 2.24) is 9.34 Å². The molecule has 0 radical (unpaired) electrons. The second-order valence-corrected chi connectivity index (χ2v) is 8.07. The van der Waals surface area contributed by atoms with E-state index in [1.165, 1.54) is 21.4 Å². The van der Waals surface area contributed by atoms with E-state index in [9.17, 15) is 0 Å². The highest BCUT2D eigenvalue weighted by atomic mass is 31.1. The lowest BCUT2D eigenvalue weighted by Crippen LogP contribution is -2.21. The van der Waals surface area contributed by atoms with Crippen LogP contribution in [0.1, 0.15) is 27.7 Å². The molecule has 0 saturated carbocycles. The lowest BCUT2D eigenvalue weighted by Gasteiger charge is -2.22. The van der Waals surface area contributed by atoms with Crippen molar-refractivity contribution in [1.29, 1.82) is 0 Å². The quantitative estimate of drug-likeness (QED) is 0.674. The van der Waals surface area contributed by atoms with Crippen LogP contribution >= 0.6 is 17.5 Å². The summed E-state index contributed by atoms with van der Waals surface area (Å²) in [4.78, 5) is 0. The molecule has 0 N–H and O–H groups in total. The largest absolute Gasteiger partial charge is 0.281 e. The maximum Gasteiger partial charge on any atom is -0.000707 e. The Balaban J connectivity index is 2.43. The molecular formula is C18H28N2P2. The van der Waals surface area contributed by atoms with Crippen molar-refractivity contribution >= 4 is 38.8 Å². The first kappa shape index (κ1) is 17.8. The van der Waals surface area contributed by atoms with Crippen LogP contribution in [0.2, 0.25) is 0 Å². The van der Waals surface area contributed by atoms with E-state index < -0.39 is 0 Å². The molecule has 120 valence electrons. The van der Waals surface area contributed by atoms with Crippen LogP contribution in [-0.2, 0) is 0 Å². The molecule has 2 aromatic rings. The molecule has 0 spiro atoms. The Hall–Kier alpha value is -0.520. The molecule has 0 saturated heterocycles. The van der Waals surface area contributed by atoms with Gasteiger partial charge in [-0.2, -0.15) is 0 Å². The number of nitrogens with zero attached hydrogens (tertiary/aromatic N) is 2. The molecule has 0 aliphatic carbocycles. The van der Waals surface area contributed by atoms with Gasteiger partial charge < -0.3 is 0 Å². The fraction of sp³-hybridized carbons (Fsp3) is 0.444. The fourth-order valence-electron chi connectivity index (χ4n) is 2.63. The van der Waals surface area contributed by atoms with Gasteiger partial charge in [0.05, 0.1) is 0 Å². The maximum atomic E-state index is 2.52. The third kappa shape index (κ3) is 4.27. The Labute approximate surface area is 138 Å². The summed E-state index contributed by atoms with van der Waals surface area (Å²) in [5.41, 5.74) is 0. The molecule has 2 atom stereocenters. The molecule has 0 bridgehead atoms. The fourth-order valence-corrected chi connectivity index (χ4v) is 5.19. The van der Waals surface area contributed by atoms with Gasteiger partial charge in [0.25, 0.3) is 0 Å². The molecule has 22 heavy (non-hydrogen) atoms. The van der Waals surface area contributed by atoms with Crippen molar-refractivity contribution in [2.45, 2.75) is 27.7 Å². The van der Waals surface area contributed by atoms with Gasteiger partial charge >= 0.3 is 0 Å². The third-order valence-electron chi connectivity index (χ3n) is 3.99. The average Bonchev–Trinajstić information content (AvgIpc) is 2.57. The average molecular weight is 334 g/mol. The number of fused-ring (bicyclic) bond motifs is 1. The third-order valence-corrected chi connectivity index (χ3v) is 7.20. The normalized spacial score (nSPS) is 12.8. The smallest absolute Gasteiger partial charge is 0.000707 e. The lowest BCUT2D eigenvalue weighted by atomic mass is 10.1. The highest BCUT2D eigenvalue weighted by Gasteiger charge is 2.11. The minimum absolute atomic E-state index is 0.763. The number of benzene rings is 2. The molecule has 2 unspecified atom stereocenters. The Morgan fingerprint density at radius 1 is 0.682 bits per heavy atom. The molecule has 0 aromatic heterocycles. The van der Waals surface area contributed by atoms with Gasteiger partial charge in [0, 0.05) is 0 Å². The molecule has 4 heteroatoms. The summed E-state index contributed by atoms with van der Waals surface area (Å²) in [6, 6.07) is 13.5. The van der Waals surface area contributed by atoms with E-state index in [-0.39, 0.29) is 0 Å². The minimum atomic E-state index is 0.763. The van der Waals surface area contributed by atoms with Crippen LogP contribution < -0.4 is 10.6 Å². The minimum Gasteiger partial charge on any atom is -0.281 e. The molecule has 0 aliphatic heterocycles. The van der Waals surface area contributed by atoms with Crippen molar-refractivity contribution in [2.75, 3.05) is 26.2 Å². The zero-order valence-electron chi connectivity index (χ0n) is 14.2. The highest BCUT2D eigenvalue weighted by molar-refractivity contribution is 7.47. The summed E-state index contributed by atoms with van der Waals surface area (Å²) in [6.07, 6.45) is 0. The van der Waals surface area contributed by atoms with E-state index in [2.05, 4.69) is 73.4 Å². The van der Waals surface area contributed by atoms with Crippen LogP contribution in [0.25, 0.3) is 10.8 Å². The lowest BCUT2D eigenvalue weighted by molar-refractivity contribution is 0.519. The summed E-state index contributed by atoms with van der Waals surface area (Å²) in [7, 11) is 1.53. The van der Waals surface area contributed by atoms with E-state index in [0.29, 0.717) is 0 Å². The van der Waals surface area contributed by atoms with Crippen LogP contribution in [0, 0.1) is 0 Å². The van der Waals surface area contributed by atoms with Crippen molar-refractivity contribution in [2.24, 2.45) is 0 Å². The Morgan fingerprint density at radius 2 is 1.09 bits per heavy atom. The van der Waals surface area contributed by atoms with Gasteiger partial charge in [-0.05, 0) is 65.0 Å². The second kappa shape index (κ2) is 8.94. The van der Waals surface area contributed by atoms with E-state index in [1.54, 1.807) is 0 Å². The Morgan fingerprint density at radius 3 is 1.45 bits per heavy atom. The zero-order chi connectivity index (χ0) is 15.9. The van der Waals surface area contributed by atoms with Gasteiger partial charge in [-0.25, -0.2) is 0 Å². The van der Waals surface area contributed by atoms with Gasteiger partial charge in [-0.3, -0.25) is 9.34 Å². The highest BCUT2D eigenvalue weighted by Crippen LogP contribution is 2.27. The van der Waals surface area contributed by atoms with Crippen LogP contribution in [0.3, 0.4) is 0 Å². The topological polar surface area (TPSA) is 6.48 Å². The molecule has 0 fully saturated rings. The van der Waals surface area contributed by atoms with Gasteiger partial charge in [-0.15, -0.1) is 0 Å². The molecule has 0 amide bonds. The van der Waals surface area contributed by atoms with E-state index in [4.69, 9.17) is 0 Å². The molecular weight excluding hydrogens is 306 g/mol.